The van der Waals surface area contributed by atoms with Crippen LogP contribution in [0, 0.1) is 5.41 Å². The normalized spacial score (nSPS) is 18.6. The van der Waals surface area contributed by atoms with Crippen molar-refractivity contribution < 1.29 is 14.3 Å². The third-order valence-electron chi connectivity index (χ3n) is 7.52. The lowest BCUT2D eigenvalue weighted by Gasteiger charge is -2.37. The highest BCUT2D eigenvalue weighted by molar-refractivity contribution is 6.01. The maximum Gasteiger partial charge on any atom is 0.239 e. The van der Waals surface area contributed by atoms with Gasteiger partial charge in [0.15, 0.2) is 5.78 Å². The van der Waals surface area contributed by atoms with Crippen LogP contribution in [0.2, 0.25) is 0 Å². The van der Waals surface area contributed by atoms with Gasteiger partial charge in [0.05, 0.1) is 31.1 Å². The van der Waals surface area contributed by atoms with E-state index in [1.807, 2.05) is 48.7 Å². The van der Waals surface area contributed by atoms with Crippen LogP contribution in [0.1, 0.15) is 45.6 Å². The molecule has 1 atom stereocenters. The predicted molar refractivity (Wildman–Crippen MR) is 148 cm³/mol. The summed E-state index contributed by atoms with van der Waals surface area (Å²) in [5.74, 6) is 0.933. The van der Waals surface area contributed by atoms with Crippen LogP contribution < -0.4 is 20.3 Å². The lowest BCUT2D eigenvalue weighted by molar-refractivity contribution is -0.120. The number of benzene rings is 2. The molecule has 0 spiro atoms. The molecule has 2 aliphatic rings. The Kier molecular flexibility index (Phi) is 6.71. The summed E-state index contributed by atoms with van der Waals surface area (Å²) < 4.78 is 5.37. The Morgan fingerprint density at radius 3 is 2.78 bits per heavy atom. The number of carbonyl (C=O) groups excluding carboxylic acids is 2. The molecule has 1 amide bonds. The van der Waals surface area contributed by atoms with Gasteiger partial charge >= 0.3 is 0 Å². The smallest absolute Gasteiger partial charge is 0.239 e. The number of nitrogens with one attached hydrogen (secondary N) is 3. The summed E-state index contributed by atoms with van der Waals surface area (Å²) in [6.07, 6.45) is 4.77. The van der Waals surface area contributed by atoms with Gasteiger partial charge < -0.3 is 25.3 Å². The molecule has 0 radical (unpaired) electrons. The SMILES string of the molecule is CCC1C2=C(CC(C)(C)CC2=O)Nc2ccccc2N1CC(=O)NCCc1c[nH]c2ccc(OC)cc12. The van der Waals surface area contributed by atoms with E-state index in [1.54, 1.807) is 7.11 Å². The van der Waals surface area contributed by atoms with Crippen molar-refractivity contribution in [3.8, 4) is 5.75 Å². The monoisotopic (exact) mass is 500 g/mol. The molecule has 2 aromatic carbocycles. The molecule has 1 unspecified atom stereocenters. The van der Waals surface area contributed by atoms with Gasteiger partial charge in [-0.2, -0.15) is 0 Å². The van der Waals surface area contributed by atoms with E-state index in [9.17, 15) is 9.59 Å². The molecular formula is C30H36N4O3. The van der Waals surface area contributed by atoms with Crippen molar-refractivity contribution in [3.63, 3.8) is 0 Å². The number of hydrogen-bond acceptors (Lipinski definition) is 5. The first-order chi connectivity index (χ1) is 17.8. The van der Waals surface area contributed by atoms with Crippen LogP contribution in [-0.2, 0) is 16.0 Å². The molecule has 1 aliphatic heterocycles. The number of anilines is 2. The number of ether oxygens (including phenoxy) is 1. The van der Waals surface area contributed by atoms with Crippen LogP contribution in [0.25, 0.3) is 10.9 Å². The Morgan fingerprint density at radius 1 is 1.19 bits per heavy atom. The average molecular weight is 501 g/mol. The zero-order chi connectivity index (χ0) is 26.2. The number of fused-ring (bicyclic) bond motifs is 2. The summed E-state index contributed by atoms with van der Waals surface area (Å²) >= 11 is 0. The van der Waals surface area contributed by atoms with E-state index < -0.39 is 0 Å². The summed E-state index contributed by atoms with van der Waals surface area (Å²) in [5, 5.41) is 7.78. The minimum absolute atomic E-state index is 0.0571. The summed E-state index contributed by atoms with van der Waals surface area (Å²) in [6, 6.07) is 13.8. The molecule has 0 saturated heterocycles. The number of allylic oxidation sites excluding steroid dienone is 1. The maximum atomic E-state index is 13.4. The van der Waals surface area contributed by atoms with Crippen LogP contribution in [0.4, 0.5) is 11.4 Å². The van der Waals surface area contributed by atoms with Gasteiger partial charge in [0.2, 0.25) is 5.91 Å². The molecular weight excluding hydrogens is 464 g/mol. The number of methoxy groups -OCH3 is 1. The van der Waals surface area contributed by atoms with E-state index in [1.165, 1.54) is 0 Å². The van der Waals surface area contributed by atoms with Gasteiger partial charge in [-0.1, -0.05) is 32.9 Å². The van der Waals surface area contributed by atoms with Crippen molar-refractivity contribution in [2.45, 2.75) is 52.5 Å². The van der Waals surface area contributed by atoms with E-state index in [2.05, 4.69) is 41.3 Å². The van der Waals surface area contributed by atoms with Crippen molar-refractivity contribution in [2.75, 3.05) is 30.4 Å². The number of Topliss-reactive ketones (excluding diaryl/α,β-unsaturated/α-hetero) is 1. The van der Waals surface area contributed by atoms with Gasteiger partial charge in [0.1, 0.15) is 5.75 Å². The third-order valence-corrected chi connectivity index (χ3v) is 7.52. The number of para-hydroxylation sites is 2. The lowest BCUT2D eigenvalue weighted by atomic mass is 9.74. The van der Waals surface area contributed by atoms with Gasteiger partial charge in [-0.15, -0.1) is 0 Å². The summed E-state index contributed by atoms with van der Waals surface area (Å²) in [4.78, 5) is 32.0. The number of H-pyrrole nitrogens is 1. The standard InChI is InChI=1S/C30H36N4O3/c1-5-25-29-24(15-30(2,3)16-27(29)35)33-23-8-6-7-9-26(23)34(25)18-28(36)31-13-12-19-17-32-22-11-10-20(37-4)14-21(19)22/h6-11,14,17,25,32-33H,5,12-13,15-16,18H2,1-4H3,(H,31,36). The summed E-state index contributed by atoms with van der Waals surface area (Å²) in [5.41, 5.74) is 5.82. The molecule has 1 aromatic heterocycles. The molecule has 0 bridgehead atoms. The second-order valence-corrected chi connectivity index (χ2v) is 10.9. The minimum Gasteiger partial charge on any atom is -0.497 e. The van der Waals surface area contributed by atoms with Crippen LogP contribution in [0.3, 0.4) is 0 Å². The molecule has 3 aromatic rings. The van der Waals surface area contributed by atoms with Gasteiger partial charge in [0, 0.05) is 41.3 Å². The topological polar surface area (TPSA) is 86.5 Å². The Bertz CT molecular complexity index is 1370. The van der Waals surface area contributed by atoms with Gasteiger partial charge in [-0.05, 0) is 60.6 Å². The minimum atomic E-state index is -0.151. The van der Waals surface area contributed by atoms with E-state index >= 15 is 0 Å². The first kappa shape index (κ1) is 24.9. The first-order valence-corrected chi connectivity index (χ1v) is 13.1. The van der Waals surface area contributed by atoms with Crippen LogP contribution >= 0.6 is 0 Å². The van der Waals surface area contributed by atoms with Crippen LogP contribution in [0.5, 0.6) is 5.75 Å². The Morgan fingerprint density at radius 2 is 2.00 bits per heavy atom. The molecule has 0 saturated carbocycles. The summed E-state index contributed by atoms with van der Waals surface area (Å²) in [6.45, 7) is 7.08. The van der Waals surface area contributed by atoms with Crippen molar-refractivity contribution in [1.29, 1.82) is 0 Å². The maximum absolute atomic E-state index is 13.4. The quantitative estimate of drug-likeness (QED) is 0.416. The fourth-order valence-corrected chi connectivity index (χ4v) is 5.81. The number of aromatic amines is 1. The predicted octanol–water partition coefficient (Wildman–Crippen LogP) is 5.19. The molecule has 7 nitrogen and oxygen atoms in total. The Balaban J connectivity index is 1.34. The van der Waals surface area contributed by atoms with Gasteiger partial charge in [-0.3, -0.25) is 9.59 Å². The van der Waals surface area contributed by atoms with E-state index in [4.69, 9.17) is 4.74 Å². The molecule has 2 heterocycles. The summed E-state index contributed by atoms with van der Waals surface area (Å²) in [7, 11) is 1.66. The molecule has 7 heteroatoms. The van der Waals surface area contributed by atoms with E-state index in [0.29, 0.717) is 19.4 Å². The second-order valence-electron chi connectivity index (χ2n) is 10.9. The zero-order valence-electron chi connectivity index (χ0n) is 22.1. The highest BCUT2D eigenvalue weighted by atomic mass is 16.5. The fourth-order valence-electron chi connectivity index (χ4n) is 5.81. The van der Waals surface area contributed by atoms with Crippen molar-refractivity contribution in [2.24, 2.45) is 5.41 Å². The first-order valence-electron chi connectivity index (χ1n) is 13.1. The Hall–Kier alpha value is -3.74. The molecule has 0 fully saturated rings. The number of ketones is 1. The van der Waals surface area contributed by atoms with Crippen molar-refractivity contribution >= 4 is 34.0 Å². The van der Waals surface area contributed by atoms with E-state index in [0.717, 1.165) is 57.7 Å². The number of aromatic nitrogens is 1. The molecule has 37 heavy (non-hydrogen) atoms. The number of rotatable bonds is 7. The van der Waals surface area contributed by atoms with Crippen LogP contribution in [0.15, 0.2) is 59.9 Å². The van der Waals surface area contributed by atoms with Gasteiger partial charge in [0.25, 0.3) is 0 Å². The fraction of sp³-hybridized carbons (Fsp3) is 0.400. The number of carbonyl (C=O) groups is 2. The van der Waals surface area contributed by atoms with Crippen molar-refractivity contribution in [1.82, 2.24) is 10.3 Å². The largest absolute Gasteiger partial charge is 0.497 e. The lowest BCUT2D eigenvalue weighted by Crippen LogP contribution is -2.46. The highest BCUT2D eigenvalue weighted by Crippen LogP contribution is 2.44. The highest BCUT2D eigenvalue weighted by Gasteiger charge is 2.40. The average Bonchev–Trinajstić information content (AvgIpc) is 3.21. The molecule has 5 rings (SSSR count). The Labute approximate surface area is 218 Å². The molecule has 3 N–H and O–H groups in total. The molecule has 194 valence electrons. The molecule has 1 aliphatic carbocycles. The third kappa shape index (κ3) is 4.95. The second kappa shape index (κ2) is 9.96. The number of amides is 1. The van der Waals surface area contributed by atoms with E-state index in [-0.39, 0.29) is 29.7 Å². The van der Waals surface area contributed by atoms with Crippen molar-refractivity contribution in [3.05, 3.63) is 65.5 Å². The number of nitrogens with zero attached hydrogens (tertiary/aromatic N) is 1. The zero-order valence-corrected chi connectivity index (χ0v) is 22.1. The van der Waals surface area contributed by atoms with Crippen LogP contribution in [-0.4, -0.2) is 42.9 Å². The van der Waals surface area contributed by atoms with Gasteiger partial charge in [-0.25, -0.2) is 0 Å². The number of hydrogen-bond donors (Lipinski definition) is 3.